The lowest BCUT2D eigenvalue weighted by Gasteiger charge is -2.12. The molecule has 3 nitrogen and oxygen atoms in total. The Morgan fingerprint density at radius 1 is 1.31 bits per heavy atom. The zero-order valence-corrected chi connectivity index (χ0v) is 9.23. The van der Waals surface area contributed by atoms with E-state index in [1.165, 1.54) is 0 Å². The standard InChI is InChI=1S/C9H19NO2S/c1-3-8(4-2)7-10-13(11,12)9-5-6-9/h8-10H,3-7H2,1-2H3. The van der Waals surface area contributed by atoms with Crippen molar-refractivity contribution in [1.29, 1.82) is 0 Å². The van der Waals surface area contributed by atoms with Crippen LogP contribution in [-0.4, -0.2) is 20.2 Å². The van der Waals surface area contributed by atoms with E-state index in [0.29, 0.717) is 12.5 Å². The molecule has 1 fully saturated rings. The summed E-state index contributed by atoms with van der Waals surface area (Å²) in [5, 5.41) is -0.0816. The molecule has 0 unspecified atom stereocenters. The maximum atomic E-state index is 11.4. The Bertz CT molecular complexity index is 240. The minimum absolute atomic E-state index is 0.0816. The number of hydrogen-bond donors (Lipinski definition) is 1. The fourth-order valence-electron chi connectivity index (χ4n) is 1.31. The predicted octanol–water partition coefficient (Wildman–Crippen LogP) is 1.50. The Labute approximate surface area is 81.0 Å². The van der Waals surface area contributed by atoms with Gasteiger partial charge < -0.3 is 0 Å². The molecular weight excluding hydrogens is 186 g/mol. The van der Waals surface area contributed by atoms with E-state index in [1.54, 1.807) is 0 Å². The second-order valence-corrected chi connectivity index (χ2v) is 5.82. The first-order valence-corrected chi connectivity index (χ1v) is 6.63. The van der Waals surface area contributed by atoms with Crippen LogP contribution < -0.4 is 4.72 Å². The van der Waals surface area contributed by atoms with Crippen LogP contribution in [0.3, 0.4) is 0 Å². The van der Waals surface area contributed by atoms with Crippen LogP contribution in [0.2, 0.25) is 0 Å². The first-order valence-electron chi connectivity index (χ1n) is 5.08. The van der Waals surface area contributed by atoms with Gasteiger partial charge in [-0.05, 0) is 18.8 Å². The van der Waals surface area contributed by atoms with Crippen LogP contribution in [0.1, 0.15) is 39.5 Å². The van der Waals surface area contributed by atoms with Crippen molar-refractivity contribution in [2.75, 3.05) is 6.54 Å². The van der Waals surface area contributed by atoms with Gasteiger partial charge in [-0.25, -0.2) is 13.1 Å². The summed E-state index contributed by atoms with van der Waals surface area (Å²) in [7, 11) is -2.95. The van der Waals surface area contributed by atoms with Gasteiger partial charge in [-0.15, -0.1) is 0 Å². The van der Waals surface area contributed by atoms with Gasteiger partial charge in [0.25, 0.3) is 0 Å². The Kier molecular flexibility index (Phi) is 3.74. The Balaban J connectivity index is 2.32. The van der Waals surface area contributed by atoms with Gasteiger partial charge >= 0.3 is 0 Å². The highest BCUT2D eigenvalue weighted by atomic mass is 32.2. The van der Waals surface area contributed by atoms with Gasteiger partial charge in [0.2, 0.25) is 10.0 Å². The Morgan fingerprint density at radius 2 is 1.85 bits per heavy atom. The molecule has 0 aromatic rings. The minimum atomic E-state index is -2.95. The number of rotatable bonds is 6. The molecule has 0 atom stereocenters. The highest BCUT2D eigenvalue weighted by Crippen LogP contribution is 2.27. The fourth-order valence-corrected chi connectivity index (χ4v) is 2.77. The average Bonchev–Trinajstić information content (AvgIpc) is 2.88. The second kappa shape index (κ2) is 4.42. The molecule has 78 valence electrons. The Hall–Kier alpha value is -0.0900. The van der Waals surface area contributed by atoms with E-state index < -0.39 is 10.0 Å². The summed E-state index contributed by atoms with van der Waals surface area (Å²) < 4.78 is 25.5. The third-order valence-electron chi connectivity index (χ3n) is 2.69. The molecule has 1 aliphatic carbocycles. The molecule has 4 heteroatoms. The summed E-state index contributed by atoms with van der Waals surface area (Å²) in [4.78, 5) is 0. The van der Waals surface area contributed by atoms with Crippen molar-refractivity contribution in [1.82, 2.24) is 4.72 Å². The highest BCUT2D eigenvalue weighted by Gasteiger charge is 2.35. The predicted molar refractivity (Wildman–Crippen MR) is 54.0 cm³/mol. The molecule has 0 saturated heterocycles. The average molecular weight is 205 g/mol. The SMILES string of the molecule is CCC(CC)CNS(=O)(=O)C1CC1. The van der Waals surface area contributed by atoms with E-state index >= 15 is 0 Å². The number of hydrogen-bond acceptors (Lipinski definition) is 2. The third kappa shape index (κ3) is 3.27. The summed E-state index contributed by atoms with van der Waals surface area (Å²) in [6.07, 6.45) is 3.78. The van der Waals surface area contributed by atoms with Crippen LogP contribution in [0.5, 0.6) is 0 Å². The maximum absolute atomic E-state index is 11.4. The van der Waals surface area contributed by atoms with E-state index in [-0.39, 0.29) is 5.25 Å². The largest absolute Gasteiger partial charge is 0.215 e. The topological polar surface area (TPSA) is 46.2 Å². The maximum Gasteiger partial charge on any atom is 0.214 e. The lowest BCUT2D eigenvalue weighted by Crippen LogP contribution is -2.31. The van der Waals surface area contributed by atoms with E-state index in [9.17, 15) is 8.42 Å². The lowest BCUT2D eigenvalue weighted by atomic mass is 10.0. The van der Waals surface area contributed by atoms with Crippen LogP contribution in [0.4, 0.5) is 0 Å². The van der Waals surface area contributed by atoms with Gasteiger partial charge in [0, 0.05) is 6.54 Å². The van der Waals surface area contributed by atoms with Crippen molar-refractivity contribution in [3.8, 4) is 0 Å². The van der Waals surface area contributed by atoms with E-state index in [0.717, 1.165) is 25.7 Å². The molecule has 1 aliphatic rings. The first kappa shape index (κ1) is 11.0. The van der Waals surface area contributed by atoms with Gasteiger partial charge in [0.15, 0.2) is 0 Å². The van der Waals surface area contributed by atoms with Crippen LogP contribution in [0.15, 0.2) is 0 Å². The van der Waals surface area contributed by atoms with Crippen LogP contribution in [0.25, 0.3) is 0 Å². The minimum Gasteiger partial charge on any atom is -0.215 e. The van der Waals surface area contributed by atoms with Crippen LogP contribution >= 0.6 is 0 Å². The zero-order valence-electron chi connectivity index (χ0n) is 8.41. The zero-order chi connectivity index (χ0) is 9.90. The molecule has 13 heavy (non-hydrogen) atoms. The lowest BCUT2D eigenvalue weighted by molar-refractivity contribution is 0.478. The molecule has 0 radical (unpaired) electrons. The first-order chi connectivity index (χ1) is 6.10. The van der Waals surface area contributed by atoms with E-state index in [1.807, 2.05) is 0 Å². The number of sulfonamides is 1. The second-order valence-electron chi connectivity index (χ2n) is 3.78. The summed E-state index contributed by atoms with van der Waals surface area (Å²) in [6.45, 7) is 4.81. The molecule has 0 amide bonds. The number of nitrogens with one attached hydrogen (secondary N) is 1. The normalized spacial score (nSPS) is 18.1. The highest BCUT2D eigenvalue weighted by molar-refractivity contribution is 7.90. The molecule has 0 spiro atoms. The van der Waals surface area contributed by atoms with E-state index in [2.05, 4.69) is 18.6 Å². The molecule has 0 aromatic carbocycles. The third-order valence-corrected chi connectivity index (χ3v) is 4.61. The summed E-state index contributed by atoms with van der Waals surface area (Å²) in [5.74, 6) is 0.494. The molecule has 0 aliphatic heterocycles. The van der Waals surface area contributed by atoms with Crippen molar-refractivity contribution in [2.45, 2.75) is 44.8 Å². The van der Waals surface area contributed by atoms with Crippen molar-refractivity contribution in [3.05, 3.63) is 0 Å². The quantitative estimate of drug-likeness (QED) is 0.714. The smallest absolute Gasteiger partial charge is 0.214 e. The van der Waals surface area contributed by atoms with Gasteiger partial charge in [-0.1, -0.05) is 26.7 Å². The molecule has 1 saturated carbocycles. The molecule has 0 heterocycles. The van der Waals surface area contributed by atoms with Gasteiger partial charge in [0.05, 0.1) is 5.25 Å². The fraction of sp³-hybridized carbons (Fsp3) is 1.00. The molecule has 0 aromatic heterocycles. The molecule has 1 rings (SSSR count). The summed E-state index contributed by atoms with van der Waals surface area (Å²) in [6, 6.07) is 0. The Morgan fingerprint density at radius 3 is 2.23 bits per heavy atom. The monoisotopic (exact) mass is 205 g/mol. The summed E-state index contributed by atoms with van der Waals surface area (Å²) in [5.41, 5.74) is 0. The van der Waals surface area contributed by atoms with Crippen molar-refractivity contribution >= 4 is 10.0 Å². The van der Waals surface area contributed by atoms with Crippen molar-refractivity contribution in [2.24, 2.45) is 5.92 Å². The molecule has 0 bridgehead atoms. The van der Waals surface area contributed by atoms with Crippen molar-refractivity contribution < 1.29 is 8.42 Å². The van der Waals surface area contributed by atoms with Gasteiger partial charge in [-0.3, -0.25) is 0 Å². The molecular formula is C9H19NO2S. The van der Waals surface area contributed by atoms with Gasteiger partial charge in [0.1, 0.15) is 0 Å². The van der Waals surface area contributed by atoms with E-state index in [4.69, 9.17) is 0 Å². The van der Waals surface area contributed by atoms with Crippen LogP contribution in [-0.2, 0) is 10.0 Å². The van der Waals surface area contributed by atoms with Gasteiger partial charge in [-0.2, -0.15) is 0 Å². The summed E-state index contributed by atoms with van der Waals surface area (Å²) >= 11 is 0. The van der Waals surface area contributed by atoms with Crippen molar-refractivity contribution in [3.63, 3.8) is 0 Å². The molecule has 1 N–H and O–H groups in total. The van der Waals surface area contributed by atoms with Crippen LogP contribution in [0, 0.1) is 5.92 Å².